The third-order valence-corrected chi connectivity index (χ3v) is 5.78. The summed E-state index contributed by atoms with van der Waals surface area (Å²) in [5, 5.41) is 20.7. The number of rotatable bonds is 8. The number of nitrogens with one attached hydrogen (secondary N) is 1. The summed E-state index contributed by atoms with van der Waals surface area (Å²) in [5.74, 6) is -0.155. The van der Waals surface area contributed by atoms with Gasteiger partial charge in [0.2, 0.25) is 0 Å². The van der Waals surface area contributed by atoms with E-state index in [4.69, 9.17) is 5.10 Å². The first kappa shape index (κ1) is 21.9. The predicted molar refractivity (Wildman–Crippen MR) is 129 cm³/mol. The largest absolute Gasteiger partial charge is 0.392 e. The van der Waals surface area contributed by atoms with Crippen molar-refractivity contribution in [3.05, 3.63) is 102 Å². The highest BCUT2D eigenvalue weighted by atomic mass is 16.3. The van der Waals surface area contributed by atoms with Gasteiger partial charge < -0.3 is 10.4 Å². The van der Waals surface area contributed by atoms with E-state index < -0.39 is 11.5 Å². The van der Waals surface area contributed by atoms with Crippen LogP contribution in [-0.2, 0) is 10.2 Å². The van der Waals surface area contributed by atoms with Gasteiger partial charge in [0.1, 0.15) is 5.41 Å². The van der Waals surface area contributed by atoms with Gasteiger partial charge in [-0.2, -0.15) is 10.1 Å². The van der Waals surface area contributed by atoms with E-state index in [0.29, 0.717) is 17.9 Å². The number of hydrogen-bond acceptors (Lipinski definition) is 4. The van der Waals surface area contributed by atoms with Gasteiger partial charge in [-0.25, -0.2) is 0 Å². The van der Waals surface area contributed by atoms with Gasteiger partial charge in [0.15, 0.2) is 0 Å². The van der Waals surface area contributed by atoms with Crippen LogP contribution in [0.1, 0.15) is 31.4 Å². The molecule has 164 valence electrons. The Morgan fingerprint density at radius 3 is 2.06 bits per heavy atom. The number of aliphatic hydroxyl groups is 1. The fourth-order valence-corrected chi connectivity index (χ4v) is 4.24. The lowest BCUT2D eigenvalue weighted by molar-refractivity contribution is -0.122. The molecular formula is C27H29N3O2. The van der Waals surface area contributed by atoms with E-state index in [1.807, 2.05) is 105 Å². The molecule has 4 rings (SSSR count). The summed E-state index contributed by atoms with van der Waals surface area (Å²) < 4.78 is 0. The van der Waals surface area contributed by atoms with Crippen LogP contribution in [0.2, 0.25) is 0 Å². The van der Waals surface area contributed by atoms with Crippen molar-refractivity contribution in [3.63, 3.8) is 0 Å². The van der Waals surface area contributed by atoms with Crippen molar-refractivity contribution in [2.24, 2.45) is 5.10 Å². The Balaban J connectivity index is 1.87. The molecule has 0 saturated heterocycles. The second-order valence-corrected chi connectivity index (χ2v) is 8.46. The molecule has 0 spiro atoms. The van der Waals surface area contributed by atoms with Gasteiger partial charge >= 0.3 is 0 Å². The van der Waals surface area contributed by atoms with E-state index in [1.165, 1.54) is 5.01 Å². The number of benzene rings is 3. The van der Waals surface area contributed by atoms with E-state index >= 15 is 0 Å². The van der Waals surface area contributed by atoms with Crippen LogP contribution in [0.5, 0.6) is 0 Å². The van der Waals surface area contributed by atoms with Crippen LogP contribution in [0.15, 0.2) is 96.1 Å². The fraction of sp³-hybridized carbons (Fsp3) is 0.259. The number of anilines is 1. The molecule has 0 saturated carbocycles. The molecule has 0 fully saturated rings. The van der Waals surface area contributed by atoms with Gasteiger partial charge in [-0.15, -0.1) is 0 Å². The van der Waals surface area contributed by atoms with E-state index in [9.17, 15) is 9.90 Å². The Morgan fingerprint density at radius 2 is 1.47 bits per heavy atom. The minimum absolute atomic E-state index is 0.155. The van der Waals surface area contributed by atoms with Gasteiger partial charge in [0.05, 0.1) is 17.5 Å². The highest BCUT2D eigenvalue weighted by molar-refractivity contribution is 6.29. The average Bonchev–Trinajstić information content (AvgIpc) is 3.12. The molecule has 32 heavy (non-hydrogen) atoms. The van der Waals surface area contributed by atoms with Crippen molar-refractivity contribution in [3.8, 4) is 0 Å². The van der Waals surface area contributed by atoms with Gasteiger partial charge in [0.25, 0.3) is 5.91 Å². The number of hydrazone groups is 1. The van der Waals surface area contributed by atoms with Crippen LogP contribution < -0.4 is 10.3 Å². The van der Waals surface area contributed by atoms with Gasteiger partial charge in [0, 0.05) is 12.6 Å². The monoisotopic (exact) mass is 427 g/mol. The smallest absolute Gasteiger partial charge is 0.264 e. The lowest BCUT2D eigenvalue weighted by atomic mass is 9.70. The molecule has 2 atom stereocenters. The van der Waals surface area contributed by atoms with E-state index in [0.717, 1.165) is 11.1 Å². The standard InChI is InChI=1S/C27H29N3O2/c1-20(2)28-19-24(31)18-27(22-14-8-4-9-15-22)25(21-12-6-3-7-13-21)29-30(26(27)32)23-16-10-5-11-17-23/h3-17,20,24,28,31H,18-19H2,1-2H3/t24-,27+/m1/s1. The molecule has 5 nitrogen and oxygen atoms in total. The van der Waals surface area contributed by atoms with Gasteiger partial charge in [-0.1, -0.05) is 92.7 Å². The van der Waals surface area contributed by atoms with E-state index in [-0.39, 0.29) is 18.4 Å². The van der Waals surface area contributed by atoms with Crippen molar-refractivity contribution >= 4 is 17.3 Å². The molecule has 2 N–H and O–H groups in total. The number of amides is 1. The summed E-state index contributed by atoms with van der Waals surface area (Å²) >= 11 is 0. The third kappa shape index (κ3) is 4.22. The van der Waals surface area contributed by atoms with E-state index in [1.54, 1.807) is 0 Å². The second-order valence-electron chi connectivity index (χ2n) is 8.46. The number of nitrogens with zero attached hydrogens (tertiary/aromatic N) is 2. The van der Waals surface area contributed by atoms with Crippen LogP contribution >= 0.6 is 0 Å². The highest BCUT2D eigenvalue weighted by Gasteiger charge is 2.54. The summed E-state index contributed by atoms with van der Waals surface area (Å²) in [7, 11) is 0. The topological polar surface area (TPSA) is 64.9 Å². The van der Waals surface area contributed by atoms with Gasteiger partial charge in [-0.05, 0) is 29.7 Å². The Morgan fingerprint density at radius 1 is 0.906 bits per heavy atom. The summed E-state index contributed by atoms with van der Waals surface area (Å²) in [4.78, 5) is 14.2. The van der Waals surface area contributed by atoms with Crippen molar-refractivity contribution in [2.45, 2.75) is 37.8 Å². The first-order valence-corrected chi connectivity index (χ1v) is 11.0. The maximum atomic E-state index is 14.2. The van der Waals surface area contributed by atoms with Crippen molar-refractivity contribution in [1.82, 2.24) is 5.32 Å². The molecule has 0 aliphatic carbocycles. The Hall–Kier alpha value is -3.28. The Labute approximate surface area is 189 Å². The molecule has 0 aromatic heterocycles. The number of hydrogen-bond donors (Lipinski definition) is 2. The molecule has 1 aliphatic rings. The normalized spacial score (nSPS) is 19.3. The number of para-hydroxylation sites is 1. The molecule has 1 amide bonds. The number of carbonyl (C=O) groups excluding carboxylic acids is 1. The molecule has 1 heterocycles. The van der Waals surface area contributed by atoms with Crippen LogP contribution in [0.4, 0.5) is 5.69 Å². The lowest BCUT2D eigenvalue weighted by Gasteiger charge is -2.32. The zero-order chi connectivity index (χ0) is 22.6. The predicted octanol–water partition coefficient (Wildman–Crippen LogP) is 4.12. The minimum atomic E-state index is -1.10. The van der Waals surface area contributed by atoms with Crippen molar-refractivity contribution < 1.29 is 9.90 Å². The molecule has 0 bridgehead atoms. The number of carbonyl (C=O) groups is 1. The molecule has 1 aliphatic heterocycles. The van der Waals surface area contributed by atoms with Gasteiger partial charge in [-0.3, -0.25) is 4.79 Å². The lowest BCUT2D eigenvalue weighted by Crippen LogP contribution is -2.48. The molecular weight excluding hydrogens is 398 g/mol. The first-order chi connectivity index (χ1) is 15.5. The fourth-order valence-electron chi connectivity index (χ4n) is 4.24. The maximum Gasteiger partial charge on any atom is 0.264 e. The first-order valence-electron chi connectivity index (χ1n) is 11.0. The van der Waals surface area contributed by atoms with E-state index in [2.05, 4.69) is 5.32 Å². The zero-order valence-corrected chi connectivity index (χ0v) is 18.5. The zero-order valence-electron chi connectivity index (χ0n) is 18.5. The minimum Gasteiger partial charge on any atom is -0.392 e. The summed E-state index contributed by atoms with van der Waals surface area (Å²) in [6, 6.07) is 29.2. The molecule has 0 unspecified atom stereocenters. The van der Waals surface area contributed by atoms with Crippen LogP contribution in [-0.4, -0.2) is 35.4 Å². The van der Waals surface area contributed by atoms with Crippen molar-refractivity contribution in [2.75, 3.05) is 11.6 Å². The SMILES string of the molecule is CC(C)NC[C@H](O)C[C@@]1(c2ccccc2)C(=O)N(c2ccccc2)N=C1c1ccccc1. The molecule has 3 aromatic carbocycles. The molecule has 3 aromatic rings. The van der Waals surface area contributed by atoms with Crippen LogP contribution in [0, 0.1) is 0 Å². The summed E-state index contributed by atoms with van der Waals surface area (Å²) in [6.45, 7) is 4.47. The quantitative estimate of drug-likeness (QED) is 0.568. The Kier molecular flexibility index (Phi) is 6.49. The Bertz CT molecular complexity index is 1070. The van der Waals surface area contributed by atoms with Crippen molar-refractivity contribution in [1.29, 1.82) is 0 Å². The maximum absolute atomic E-state index is 14.2. The second kappa shape index (κ2) is 9.47. The third-order valence-electron chi connectivity index (χ3n) is 5.78. The average molecular weight is 428 g/mol. The number of aliphatic hydroxyl groups excluding tert-OH is 1. The summed E-state index contributed by atoms with van der Waals surface area (Å²) in [6.07, 6.45) is -0.502. The highest BCUT2D eigenvalue weighted by Crippen LogP contribution is 2.42. The molecule has 5 heteroatoms. The van der Waals surface area contributed by atoms with Crippen LogP contribution in [0.25, 0.3) is 0 Å². The summed E-state index contributed by atoms with van der Waals surface area (Å²) in [5.41, 5.74) is 1.96. The molecule has 0 radical (unpaired) electrons. The van der Waals surface area contributed by atoms with Crippen LogP contribution in [0.3, 0.4) is 0 Å².